The van der Waals surface area contributed by atoms with Gasteiger partial charge in [0.05, 0.1) is 5.56 Å². The van der Waals surface area contributed by atoms with Crippen LogP contribution in [0.3, 0.4) is 0 Å². The third kappa shape index (κ3) is 4.80. The van der Waals surface area contributed by atoms with E-state index in [0.29, 0.717) is 21.9 Å². The summed E-state index contributed by atoms with van der Waals surface area (Å²) >= 11 is 2.71. The van der Waals surface area contributed by atoms with Crippen molar-refractivity contribution in [2.75, 3.05) is 16.8 Å². The predicted molar refractivity (Wildman–Crippen MR) is 121 cm³/mol. The van der Waals surface area contributed by atoms with Crippen molar-refractivity contribution >= 4 is 40.5 Å². The average Bonchev–Trinajstić information content (AvgIpc) is 3.21. The van der Waals surface area contributed by atoms with Gasteiger partial charge in [-0.1, -0.05) is 12.1 Å². The third-order valence-electron chi connectivity index (χ3n) is 4.26. The Morgan fingerprint density at radius 1 is 1.20 bits per heavy atom. The van der Waals surface area contributed by atoms with Gasteiger partial charge in [0.1, 0.15) is 28.5 Å². The molecule has 1 aromatic carbocycles. The molecule has 8 heteroatoms. The molecule has 0 fully saturated rings. The second-order valence-corrected chi connectivity index (χ2v) is 8.68. The molecule has 3 aromatic rings. The molecular formula is C22H19N5OS2. The summed E-state index contributed by atoms with van der Waals surface area (Å²) in [5.74, 6) is 0.390. The smallest absolute Gasteiger partial charge is 0.225 e. The number of nitrogen functional groups attached to an aromatic ring is 1. The van der Waals surface area contributed by atoms with Crippen LogP contribution >= 0.6 is 23.1 Å². The molecule has 0 radical (unpaired) electrons. The van der Waals surface area contributed by atoms with Crippen LogP contribution in [-0.4, -0.2) is 16.6 Å². The Labute approximate surface area is 183 Å². The number of nitrogens with zero attached hydrogens (tertiary/aromatic N) is 3. The maximum absolute atomic E-state index is 12.3. The van der Waals surface area contributed by atoms with Crippen LogP contribution in [-0.2, 0) is 4.79 Å². The SMILES string of the molecule is Cc1cc(C)cc(NC(=O)CCSc2nc(N)c(C#N)c(-c3cccs3)c2C#N)c1. The molecule has 0 spiro atoms. The zero-order valence-electron chi connectivity index (χ0n) is 16.5. The Hall–Kier alpha value is -3.33. The largest absolute Gasteiger partial charge is 0.383 e. The van der Waals surface area contributed by atoms with Crippen molar-refractivity contribution in [2.24, 2.45) is 0 Å². The first kappa shape index (κ1) is 21.4. The molecule has 0 unspecified atom stereocenters. The molecule has 2 heterocycles. The summed E-state index contributed by atoms with van der Waals surface area (Å²) in [7, 11) is 0. The number of pyridine rings is 1. The molecule has 1 amide bonds. The van der Waals surface area contributed by atoms with Crippen molar-refractivity contribution < 1.29 is 4.79 Å². The Bertz CT molecular complexity index is 1150. The van der Waals surface area contributed by atoms with E-state index >= 15 is 0 Å². The molecule has 3 N–H and O–H groups in total. The number of aryl methyl sites for hydroxylation is 2. The van der Waals surface area contributed by atoms with Gasteiger partial charge in [0.25, 0.3) is 0 Å². The average molecular weight is 434 g/mol. The third-order valence-corrected chi connectivity index (χ3v) is 6.12. The number of nitrogens with one attached hydrogen (secondary N) is 1. The maximum Gasteiger partial charge on any atom is 0.225 e. The number of thioether (sulfide) groups is 1. The molecule has 6 nitrogen and oxygen atoms in total. The molecule has 30 heavy (non-hydrogen) atoms. The van der Waals surface area contributed by atoms with Gasteiger partial charge in [-0.2, -0.15) is 10.5 Å². The molecule has 0 atom stereocenters. The number of hydrogen-bond acceptors (Lipinski definition) is 7. The number of carbonyl (C=O) groups is 1. The van der Waals surface area contributed by atoms with E-state index in [9.17, 15) is 15.3 Å². The van der Waals surface area contributed by atoms with Crippen LogP contribution < -0.4 is 11.1 Å². The lowest BCUT2D eigenvalue weighted by Gasteiger charge is -2.12. The highest BCUT2D eigenvalue weighted by Gasteiger charge is 2.21. The summed E-state index contributed by atoms with van der Waals surface area (Å²) in [6, 6.07) is 13.8. The van der Waals surface area contributed by atoms with Crippen LogP contribution in [0.15, 0.2) is 40.7 Å². The fraction of sp³-hybridized carbons (Fsp3) is 0.182. The van der Waals surface area contributed by atoms with E-state index in [2.05, 4.69) is 22.4 Å². The minimum atomic E-state index is -0.119. The van der Waals surface area contributed by atoms with Gasteiger partial charge in [-0.25, -0.2) is 4.98 Å². The number of rotatable bonds is 6. The number of amides is 1. The molecular weight excluding hydrogens is 414 g/mol. The highest BCUT2D eigenvalue weighted by atomic mass is 32.2. The molecule has 150 valence electrons. The lowest BCUT2D eigenvalue weighted by atomic mass is 10.0. The first-order chi connectivity index (χ1) is 14.4. The van der Waals surface area contributed by atoms with Crippen molar-refractivity contribution in [1.29, 1.82) is 10.5 Å². The molecule has 0 aliphatic heterocycles. The quantitative estimate of drug-likeness (QED) is 0.536. The standard InChI is InChI=1S/C22H19N5OS2/c1-13-8-14(2)10-15(9-13)26-19(28)5-7-30-22-17(12-24)20(18-4-3-6-29-18)16(11-23)21(25)27-22/h3-4,6,8-10H,5,7H2,1-2H3,(H2,25,27)(H,26,28). The molecule has 0 aliphatic rings. The van der Waals surface area contributed by atoms with E-state index in [4.69, 9.17) is 5.73 Å². The fourth-order valence-electron chi connectivity index (χ4n) is 3.08. The van der Waals surface area contributed by atoms with Crippen LogP contribution in [0.5, 0.6) is 0 Å². The van der Waals surface area contributed by atoms with E-state index in [-0.39, 0.29) is 23.7 Å². The first-order valence-corrected chi connectivity index (χ1v) is 11.0. The molecule has 0 aliphatic carbocycles. The zero-order valence-corrected chi connectivity index (χ0v) is 18.2. The van der Waals surface area contributed by atoms with Crippen molar-refractivity contribution in [3.8, 4) is 22.6 Å². The van der Waals surface area contributed by atoms with E-state index in [1.54, 1.807) is 0 Å². The van der Waals surface area contributed by atoms with E-state index in [0.717, 1.165) is 21.7 Å². The number of nitrogens with two attached hydrogens (primary N) is 1. The van der Waals surface area contributed by atoms with Crippen molar-refractivity contribution in [2.45, 2.75) is 25.3 Å². The topological polar surface area (TPSA) is 116 Å². The predicted octanol–water partition coefficient (Wildman–Crippen LogP) is 4.87. The Morgan fingerprint density at radius 2 is 1.90 bits per heavy atom. The highest BCUT2D eigenvalue weighted by molar-refractivity contribution is 7.99. The summed E-state index contributed by atoms with van der Waals surface area (Å²) in [6.45, 7) is 3.96. The lowest BCUT2D eigenvalue weighted by molar-refractivity contribution is -0.115. The molecule has 2 aromatic heterocycles. The second-order valence-electron chi connectivity index (χ2n) is 6.65. The summed E-state index contributed by atoms with van der Waals surface area (Å²) in [5, 5.41) is 24.4. The van der Waals surface area contributed by atoms with Crippen molar-refractivity contribution in [3.63, 3.8) is 0 Å². The monoisotopic (exact) mass is 433 g/mol. The Morgan fingerprint density at radius 3 is 2.50 bits per heavy atom. The summed E-state index contributed by atoms with van der Waals surface area (Å²) in [6.07, 6.45) is 0.248. The van der Waals surface area contributed by atoms with Gasteiger partial charge in [0.2, 0.25) is 5.91 Å². The van der Waals surface area contributed by atoms with Crippen LogP contribution in [0, 0.1) is 36.5 Å². The Balaban J connectivity index is 1.76. The van der Waals surface area contributed by atoms with E-state index in [1.807, 2.05) is 49.6 Å². The number of nitriles is 2. The molecule has 3 rings (SSSR count). The van der Waals surface area contributed by atoms with Crippen LogP contribution in [0.1, 0.15) is 28.7 Å². The maximum atomic E-state index is 12.3. The lowest BCUT2D eigenvalue weighted by Crippen LogP contribution is -2.12. The van der Waals surface area contributed by atoms with Gasteiger partial charge in [-0.3, -0.25) is 4.79 Å². The van der Waals surface area contributed by atoms with Gasteiger partial charge in [0.15, 0.2) is 0 Å². The number of aromatic nitrogens is 1. The second kappa shape index (κ2) is 9.45. The van der Waals surface area contributed by atoms with E-state index in [1.165, 1.54) is 23.1 Å². The number of carbonyl (C=O) groups excluding carboxylic acids is 1. The fourth-order valence-corrected chi connectivity index (χ4v) is 4.80. The zero-order chi connectivity index (χ0) is 21.7. The minimum Gasteiger partial charge on any atom is -0.383 e. The number of benzene rings is 1. The van der Waals surface area contributed by atoms with Gasteiger partial charge in [0, 0.05) is 28.3 Å². The summed E-state index contributed by atoms with van der Waals surface area (Å²) in [5.41, 5.74) is 9.93. The Kier molecular flexibility index (Phi) is 6.73. The van der Waals surface area contributed by atoms with Crippen LogP contribution in [0.25, 0.3) is 10.4 Å². The van der Waals surface area contributed by atoms with Gasteiger partial charge >= 0.3 is 0 Å². The summed E-state index contributed by atoms with van der Waals surface area (Å²) < 4.78 is 0. The normalized spacial score (nSPS) is 10.3. The van der Waals surface area contributed by atoms with E-state index < -0.39 is 0 Å². The van der Waals surface area contributed by atoms with Gasteiger partial charge < -0.3 is 11.1 Å². The van der Waals surface area contributed by atoms with Gasteiger partial charge in [-0.05, 0) is 48.6 Å². The van der Waals surface area contributed by atoms with Crippen molar-refractivity contribution in [1.82, 2.24) is 4.98 Å². The molecule has 0 bridgehead atoms. The molecule has 0 saturated heterocycles. The highest BCUT2D eigenvalue weighted by Crippen LogP contribution is 2.37. The molecule has 0 saturated carbocycles. The van der Waals surface area contributed by atoms with Crippen molar-refractivity contribution in [3.05, 3.63) is 58.0 Å². The van der Waals surface area contributed by atoms with Crippen LogP contribution in [0.2, 0.25) is 0 Å². The number of anilines is 2. The van der Waals surface area contributed by atoms with Crippen LogP contribution in [0.4, 0.5) is 11.5 Å². The minimum absolute atomic E-state index is 0.0853. The number of hydrogen-bond donors (Lipinski definition) is 2. The summed E-state index contributed by atoms with van der Waals surface area (Å²) in [4.78, 5) is 17.4. The number of thiophene rings is 1. The first-order valence-electron chi connectivity index (χ1n) is 9.11. The van der Waals surface area contributed by atoms with Gasteiger partial charge in [-0.15, -0.1) is 23.1 Å².